The number of piperidine rings is 1. The highest BCUT2D eigenvalue weighted by atomic mass is 16.5. The fraction of sp³-hybridized carbons (Fsp3) is 0.333. The average molecular weight is 253 g/mol. The van der Waals surface area contributed by atoms with Crippen LogP contribution in [0.5, 0.6) is 5.75 Å². The van der Waals surface area contributed by atoms with Crippen LogP contribution in [0, 0.1) is 11.3 Å². The summed E-state index contributed by atoms with van der Waals surface area (Å²) in [6, 6.07) is 9.93. The largest absolute Gasteiger partial charge is 0.487 e. The molecule has 1 aromatic carbocycles. The van der Waals surface area contributed by atoms with Gasteiger partial charge in [-0.1, -0.05) is 12.1 Å². The van der Waals surface area contributed by atoms with Gasteiger partial charge in [0.25, 0.3) is 0 Å². The molecule has 0 radical (unpaired) electrons. The zero-order valence-electron chi connectivity index (χ0n) is 10.6. The summed E-state index contributed by atoms with van der Waals surface area (Å²) in [6.07, 6.45) is 3.85. The second-order valence-corrected chi connectivity index (χ2v) is 4.72. The highest BCUT2D eigenvalue weighted by Crippen LogP contribution is 2.29. The van der Waals surface area contributed by atoms with Crippen LogP contribution in [0.25, 0.3) is 10.9 Å². The average Bonchev–Trinajstić information content (AvgIpc) is 2.49. The zero-order chi connectivity index (χ0) is 13.1. The van der Waals surface area contributed by atoms with Crippen LogP contribution in [0.1, 0.15) is 18.4 Å². The second-order valence-electron chi connectivity index (χ2n) is 4.72. The fourth-order valence-corrected chi connectivity index (χ4v) is 2.41. The summed E-state index contributed by atoms with van der Waals surface area (Å²) < 4.78 is 6.07. The molecule has 19 heavy (non-hydrogen) atoms. The summed E-state index contributed by atoms with van der Waals surface area (Å²) in [5.41, 5.74) is 1.37. The molecule has 1 fully saturated rings. The lowest BCUT2D eigenvalue weighted by Crippen LogP contribution is -2.37. The molecule has 96 valence electrons. The minimum atomic E-state index is 0.131. The number of ether oxygens (including phenoxy) is 1. The molecule has 0 saturated carbocycles. The number of hydrogen-bond acceptors (Lipinski definition) is 4. The van der Waals surface area contributed by atoms with Crippen LogP contribution in [0.3, 0.4) is 0 Å². The molecule has 0 amide bonds. The Kier molecular flexibility index (Phi) is 3.30. The molecule has 4 heteroatoms. The number of rotatable bonds is 2. The molecule has 1 N–H and O–H groups in total. The molecule has 0 aliphatic carbocycles. The van der Waals surface area contributed by atoms with Gasteiger partial charge in [0.05, 0.1) is 5.52 Å². The van der Waals surface area contributed by atoms with Gasteiger partial charge >= 0.3 is 0 Å². The molecular weight excluding hydrogens is 238 g/mol. The Morgan fingerprint density at radius 1 is 1.37 bits per heavy atom. The van der Waals surface area contributed by atoms with Crippen molar-refractivity contribution in [3.8, 4) is 11.8 Å². The molecule has 1 aliphatic rings. The number of aromatic nitrogens is 1. The number of hydrogen-bond donors (Lipinski definition) is 1. The van der Waals surface area contributed by atoms with Gasteiger partial charge in [-0.3, -0.25) is 4.98 Å². The van der Waals surface area contributed by atoms with Crippen molar-refractivity contribution >= 4 is 10.9 Å². The van der Waals surface area contributed by atoms with E-state index >= 15 is 0 Å². The SMILES string of the molecule is N#Cc1cnc2ccccc2c1O[C@H]1CCCNC1. The summed E-state index contributed by atoms with van der Waals surface area (Å²) in [5, 5.41) is 13.4. The highest BCUT2D eigenvalue weighted by molar-refractivity contribution is 5.87. The summed E-state index contributed by atoms with van der Waals surface area (Å²) in [5.74, 6) is 0.668. The first-order chi connectivity index (χ1) is 9.38. The van der Waals surface area contributed by atoms with Gasteiger partial charge in [0.1, 0.15) is 23.5 Å². The van der Waals surface area contributed by atoms with Crippen LogP contribution in [-0.2, 0) is 0 Å². The van der Waals surface area contributed by atoms with Gasteiger partial charge in [-0.2, -0.15) is 5.26 Å². The van der Waals surface area contributed by atoms with Gasteiger partial charge in [0.15, 0.2) is 0 Å². The second kappa shape index (κ2) is 5.25. The first-order valence-corrected chi connectivity index (χ1v) is 6.53. The summed E-state index contributed by atoms with van der Waals surface area (Å²) in [6.45, 7) is 1.88. The first kappa shape index (κ1) is 11.9. The zero-order valence-corrected chi connectivity index (χ0v) is 10.6. The van der Waals surface area contributed by atoms with E-state index in [1.807, 2.05) is 24.3 Å². The molecule has 1 aliphatic heterocycles. The Morgan fingerprint density at radius 2 is 2.26 bits per heavy atom. The maximum absolute atomic E-state index is 9.22. The van der Waals surface area contributed by atoms with E-state index in [4.69, 9.17) is 4.74 Å². The first-order valence-electron chi connectivity index (χ1n) is 6.53. The van der Waals surface area contributed by atoms with Crippen LogP contribution >= 0.6 is 0 Å². The molecule has 3 rings (SSSR count). The Hall–Kier alpha value is -2.12. The number of pyridine rings is 1. The van der Waals surface area contributed by atoms with Crippen molar-refractivity contribution in [3.63, 3.8) is 0 Å². The number of para-hydroxylation sites is 1. The monoisotopic (exact) mass is 253 g/mol. The molecule has 0 unspecified atom stereocenters. The maximum atomic E-state index is 9.22. The molecule has 0 spiro atoms. The lowest BCUT2D eigenvalue weighted by atomic mass is 10.1. The van der Waals surface area contributed by atoms with Crippen LogP contribution < -0.4 is 10.1 Å². The molecule has 1 aromatic heterocycles. The van der Waals surface area contributed by atoms with E-state index in [-0.39, 0.29) is 6.10 Å². The van der Waals surface area contributed by atoms with E-state index in [0.29, 0.717) is 11.3 Å². The van der Waals surface area contributed by atoms with Crippen LogP contribution in [0.4, 0.5) is 0 Å². The van der Waals surface area contributed by atoms with Crippen molar-refractivity contribution in [1.29, 1.82) is 5.26 Å². The van der Waals surface area contributed by atoms with Gasteiger partial charge in [0.2, 0.25) is 0 Å². The molecule has 0 bridgehead atoms. The lowest BCUT2D eigenvalue weighted by molar-refractivity contribution is 0.169. The van der Waals surface area contributed by atoms with E-state index in [1.54, 1.807) is 6.20 Å². The van der Waals surface area contributed by atoms with E-state index in [1.165, 1.54) is 0 Å². The highest BCUT2D eigenvalue weighted by Gasteiger charge is 2.18. The maximum Gasteiger partial charge on any atom is 0.148 e. The summed E-state index contributed by atoms with van der Waals surface area (Å²) in [7, 11) is 0. The third kappa shape index (κ3) is 2.38. The predicted octanol–water partition coefficient (Wildman–Crippen LogP) is 2.24. The quantitative estimate of drug-likeness (QED) is 0.891. The Balaban J connectivity index is 2.02. The van der Waals surface area contributed by atoms with Crippen molar-refractivity contribution in [2.45, 2.75) is 18.9 Å². The van der Waals surface area contributed by atoms with Crippen LogP contribution in [0.15, 0.2) is 30.5 Å². The van der Waals surface area contributed by atoms with Gasteiger partial charge in [-0.25, -0.2) is 0 Å². The summed E-state index contributed by atoms with van der Waals surface area (Å²) >= 11 is 0. The Labute approximate surface area is 112 Å². The number of nitrogens with zero attached hydrogens (tertiary/aromatic N) is 2. The molecular formula is C15H15N3O. The molecule has 2 aromatic rings. The Morgan fingerprint density at radius 3 is 3.05 bits per heavy atom. The van der Waals surface area contributed by atoms with E-state index in [2.05, 4.69) is 16.4 Å². The molecule has 1 atom stereocenters. The lowest BCUT2D eigenvalue weighted by Gasteiger charge is -2.24. The number of nitrogens with one attached hydrogen (secondary N) is 1. The van der Waals surface area contributed by atoms with Crippen molar-refractivity contribution in [1.82, 2.24) is 10.3 Å². The topological polar surface area (TPSA) is 57.9 Å². The van der Waals surface area contributed by atoms with E-state index < -0.39 is 0 Å². The summed E-state index contributed by atoms with van der Waals surface area (Å²) in [4.78, 5) is 4.29. The van der Waals surface area contributed by atoms with Gasteiger partial charge in [-0.05, 0) is 31.5 Å². The van der Waals surface area contributed by atoms with E-state index in [9.17, 15) is 5.26 Å². The van der Waals surface area contributed by atoms with Crippen molar-refractivity contribution in [3.05, 3.63) is 36.0 Å². The number of fused-ring (bicyclic) bond motifs is 1. The van der Waals surface area contributed by atoms with Gasteiger partial charge < -0.3 is 10.1 Å². The fourth-order valence-electron chi connectivity index (χ4n) is 2.41. The number of nitriles is 1. The van der Waals surface area contributed by atoms with Crippen molar-refractivity contribution < 1.29 is 4.74 Å². The van der Waals surface area contributed by atoms with Crippen LogP contribution in [0.2, 0.25) is 0 Å². The van der Waals surface area contributed by atoms with Crippen molar-refractivity contribution in [2.24, 2.45) is 0 Å². The minimum absolute atomic E-state index is 0.131. The van der Waals surface area contributed by atoms with E-state index in [0.717, 1.165) is 36.8 Å². The molecule has 2 heterocycles. The minimum Gasteiger partial charge on any atom is -0.487 e. The standard InChI is InChI=1S/C15H15N3O/c16-8-11-9-18-14-6-2-1-5-13(14)15(11)19-12-4-3-7-17-10-12/h1-2,5-6,9,12,17H,3-4,7,10H2/t12-/m0/s1. The van der Waals surface area contributed by atoms with Gasteiger partial charge in [-0.15, -0.1) is 0 Å². The smallest absolute Gasteiger partial charge is 0.148 e. The molecule has 4 nitrogen and oxygen atoms in total. The predicted molar refractivity (Wildman–Crippen MR) is 73.0 cm³/mol. The Bertz CT molecular complexity index is 627. The third-order valence-electron chi connectivity index (χ3n) is 3.38. The normalized spacial score (nSPS) is 19.0. The third-order valence-corrected chi connectivity index (χ3v) is 3.38. The van der Waals surface area contributed by atoms with Crippen LogP contribution in [-0.4, -0.2) is 24.2 Å². The van der Waals surface area contributed by atoms with Gasteiger partial charge in [0, 0.05) is 18.1 Å². The number of benzene rings is 1. The van der Waals surface area contributed by atoms with Crippen molar-refractivity contribution in [2.75, 3.05) is 13.1 Å². The molecule has 1 saturated heterocycles.